The van der Waals surface area contributed by atoms with Gasteiger partial charge < -0.3 is 4.74 Å². The molecule has 1 aromatic heterocycles. The maximum absolute atomic E-state index is 11.7. The number of hydrogen-bond donors (Lipinski definition) is 0. The number of rotatable bonds is 4. The molecule has 0 N–H and O–H groups in total. The highest BCUT2D eigenvalue weighted by molar-refractivity contribution is 6.30. The van der Waals surface area contributed by atoms with Gasteiger partial charge in [0.2, 0.25) is 0 Å². The first-order chi connectivity index (χ1) is 9.11. The monoisotopic (exact) mass is 278 g/mol. The van der Waals surface area contributed by atoms with Crippen molar-refractivity contribution >= 4 is 17.6 Å². The van der Waals surface area contributed by atoms with Crippen LogP contribution in [-0.2, 0) is 11.3 Å². The normalized spacial score (nSPS) is 10.5. The maximum Gasteiger partial charge on any atom is 0.341 e. The first-order valence-electron chi connectivity index (χ1n) is 6.05. The number of aromatic nitrogens is 2. The van der Waals surface area contributed by atoms with Crippen LogP contribution in [0.15, 0.2) is 30.5 Å². The molecule has 0 aliphatic heterocycles. The molecule has 0 saturated heterocycles. The average molecular weight is 279 g/mol. The molecule has 100 valence electrons. The Hall–Kier alpha value is -1.81. The molecule has 0 spiro atoms. The maximum atomic E-state index is 11.7. The number of ether oxygens (including phenoxy) is 1. The van der Waals surface area contributed by atoms with E-state index in [0.29, 0.717) is 23.7 Å². The van der Waals surface area contributed by atoms with Crippen molar-refractivity contribution in [3.63, 3.8) is 0 Å². The Morgan fingerprint density at radius 2 is 2.05 bits per heavy atom. The quantitative estimate of drug-likeness (QED) is 0.808. The fourth-order valence-electron chi connectivity index (χ4n) is 1.78. The smallest absolute Gasteiger partial charge is 0.341 e. The number of carbonyl (C=O) groups is 1. The second-order valence-electron chi connectivity index (χ2n) is 4.15. The third-order valence-electron chi connectivity index (χ3n) is 2.84. The molecule has 0 amide bonds. The van der Waals surface area contributed by atoms with Gasteiger partial charge in [-0.05, 0) is 31.5 Å². The van der Waals surface area contributed by atoms with E-state index in [4.69, 9.17) is 16.3 Å². The van der Waals surface area contributed by atoms with Gasteiger partial charge in [0, 0.05) is 5.02 Å². The first-order valence-corrected chi connectivity index (χ1v) is 6.43. The molecule has 0 fully saturated rings. The summed E-state index contributed by atoms with van der Waals surface area (Å²) in [5.74, 6) is -0.331. The summed E-state index contributed by atoms with van der Waals surface area (Å²) >= 11 is 5.84. The van der Waals surface area contributed by atoms with E-state index in [1.54, 1.807) is 17.8 Å². The fraction of sp³-hybridized carbons (Fsp3) is 0.286. The molecule has 0 atom stereocenters. The van der Waals surface area contributed by atoms with Crippen molar-refractivity contribution in [3.8, 4) is 0 Å². The minimum Gasteiger partial charge on any atom is -0.462 e. The molecule has 2 rings (SSSR count). The molecular formula is C14H15ClN2O2. The molecule has 0 bridgehead atoms. The van der Waals surface area contributed by atoms with Crippen LogP contribution in [0.4, 0.5) is 0 Å². The summed E-state index contributed by atoms with van der Waals surface area (Å²) < 4.78 is 6.75. The predicted molar refractivity (Wildman–Crippen MR) is 73.5 cm³/mol. The topological polar surface area (TPSA) is 44.1 Å². The lowest BCUT2D eigenvalue weighted by atomic mass is 10.2. The van der Waals surface area contributed by atoms with Crippen LogP contribution in [-0.4, -0.2) is 22.4 Å². The molecule has 2 aromatic rings. The van der Waals surface area contributed by atoms with Gasteiger partial charge in [-0.25, -0.2) is 4.79 Å². The molecule has 1 heterocycles. The lowest BCUT2D eigenvalue weighted by Crippen LogP contribution is -2.08. The molecule has 0 radical (unpaired) electrons. The van der Waals surface area contributed by atoms with Crippen molar-refractivity contribution < 1.29 is 9.53 Å². The number of carbonyl (C=O) groups excluding carboxylic acids is 1. The van der Waals surface area contributed by atoms with Crippen LogP contribution in [0.5, 0.6) is 0 Å². The van der Waals surface area contributed by atoms with Crippen LogP contribution in [0.3, 0.4) is 0 Å². The molecule has 0 aliphatic rings. The Morgan fingerprint density at radius 1 is 1.37 bits per heavy atom. The van der Waals surface area contributed by atoms with E-state index in [-0.39, 0.29) is 5.97 Å². The molecule has 4 nitrogen and oxygen atoms in total. The van der Waals surface area contributed by atoms with Gasteiger partial charge in [-0.3, -0.25) is 4.68 Å². The second kappa shape index (κ2) is 5.89. The Kier molecular flexibility index (Phi) is 4.22. The van der Waals surface area contributed by atoms with Gasteiger partial charge in [0.15, 0.2) is 0 Å². The average Bonchev–Trinajstić information content (AvgIpc) is 2.74. The van der Waals surface area contributed by atoms with E-state index in [9.17, 15) is 4.79 Å². The number of esters is 1. The molecule has 0 aliphatic carbocycles. The number of halogens is 1. The third kappa shape index (κ3) is 3.15. The minimum atomic E-state index is -0.331. The number of nitrogens with zero attached hydrogens (tertiary/aromatic N) is 2. The van der Waals surface area contributed by atoms with E-state index >= 15 is 0 Å². The molecule has 1 aromatic carbocycles. The van der Waals surface area contributed by atoms with Gasteiger partial charge in [-0.2, -0.15) is 5.10 Å². The Morgan fingerprint density at radius 3 is 2.68 bits per heavy atom. The predicted octanol–water partition coefficient (Wildman–Crippen LogP) is 3.07. The number of hydrogen-bond acceptors (Lipinski definition) is 3. The summed E-state index contributed by atoms with van der Waals surface area (Å²) in [4.78, 5) is 11.7. The van der Waals surface area contributed by atoms with Gasteiger partial charge in [0.1, 0.15) is 5.56 Å². The van der Waals surface area contributed by atoms with Crippen LogP contribution in [0.25, 0.3) is 0 Å². The van der Waals surface area contributed by atoms with Crippen molar-refractivity contribution in [2.45, 2.75) is 20.4 Å². The lowest BCUT2D eigenvalue weighted by Gasteiger charge is -2.06. The van der Waals surface area contributed by atoms with Crippen molar-refractivity contribution in [2.24, 2.45) is 0 Å². The zero-order valence-corrected chi connectivity index (χ0v) is 11.6. The molecule has 0 unspecified atom stereocenters. The van der Waals surface area contributed by atoms with Crippen molar-refractivity contribution in [2.75, 3.05) is 6.61 Å². The van der Waals surface area contributed by atoms with Crippen LogP contribution in [0.1, 0.15) is 28.5 Å². The van der Waals surface area contributed by atoms with E-state index < -0.39 is 0 Å². The second-order valence-corrected chi connectivity index (χ2v) is 4.58. The standard InChI is InChI=1S/C14H15ClN2O2/c1-3-19-14(18)13-8-16-17(10(13)2)9-11-4-6-12(15)7-5-11/h4-8H,3,9H2,1-2H3. The molecule has 5 heteroatoms. The SMILES string of the molecule is CCOC(=O)c1cnn(Cc2ccc(Cl)cc2)c1C. The van der Waals surface area contributed by atoms with Gasteiger partial charge in [0.05, 0.1) is 25.0 Å². The Balaban J connectivity index is 2.18. The van der Waals surface area contributed by atoms with Crippen LogP contribution in [0.2, 0.25) is 5.02 Å². The van der Waals surface area contributed by atoms with Crippen molar-refractivity contribution in [1.82, 2.24) is 9.78 Å². The van der Waals surface area contributed by atoms with Crippen molar-refractivity contribution in [3.05, 3.63) is 52.3 Å². The summed E-state index contributed by atoms with van der Waals surface area (Å²) in [6.45, 7) is 4.60. The third-order valence-corrected chi connectivity index (χ3v) is 3.10. The Bertz CT molecular complexity index is 576. The first kappa shape index (κ1) is 13.6. The molecule has 0 saturated carbocycles. The van der Waals surface area contributed by atoms with Gasteiger partial charge in [0.25, 0.3) is 0 Å². The van der Waals surface area contributed by atoms with Crippen molar-refractivity contribution in [1.29, 1.82) is 0 Å². The van der Waals surface area contributed by atoms with E-state index in [2.05, 4.69) is 5.10 Å². The summed E-state index contributed by atoms with van der Waals surface area (Å²) in [6.07, 6.45) is 1.54. The highest BCUT2D eigenvalue weighted by Gasteiger charge is 2.15. The molecular weight excluding hydrogens is 264 g/mol. The van der Waals surface area contributed by atoms with Crippen LogP contribution >= 0.6 is 11.6 Å². The summed E-state index contributed by atoms with van der Waals surface area (Å²) in [7, 11) is 0. The lowest BCUT2D eigenvalue weighted by molar-refractivity contribution is 0.0525. The summed E-state index contributed by atoms with van der Waals surface area (Å²) in [5, 5.41) is 4.92. The summed E-state index contributed by atoms with van der Waals surface area (Å²) in [5.41, 5.74) is 2.38. The van der Waals surface area contributed by atoms with Crippen LogP contribution in [0, 0.1) is 6.92 Å². The highest BCUT2D eigenvalue weighted by Crippen LogP contribution is 2.14. The minimum absolute atomic E-state index is 0.331. The summed E-state index contributed by atoms with van der Waals surface area (Å²) in [6, 6.07) is 7.55. The van der Waals surface area contributed by atoms with E-state index in [0.717, 1.165) is 11.3 Å². The van der Waals surface area contributed by atoms with Crippen LogP contribution < -0.4 is 0 Å². The largest absolute Gasteiger partial charge is 0.462 e. The van der Waals surface area contributed by atoms with Gasteiger partial charge in [-0.15, -0.1) is 0 Å². The Labute approximate surface area is 116 Å². The van der Waals surface area contributed by atoms with E-state index in [1.807, 2.05) is 31.2 Å². The highest BCUT2D eigenvalue weighted by atomic mass is 35.5. The zero-order valence-electron chi connectivity index (χ0n) is 10.9. The fourth-order valence-corrected chi connectivity index (χ4v) is 1.90. The number of benzene rings is 1. The zero-order chi connectivity index (χ0) is 13.8. The van der Waals surface area contributed by atoms with Gasteiger partial charge >= 0.3 is 5.97 Å². The molecule has 19 heavy (non-hydrogen) atoms. The van der Waals surface area contributed by atoms with E-state index in [1.165, 1.54) is 0 Å². The van der Waals surface area contributed by atoms with Gasteiger partial charge in [-0.1, -0.05) is 23.7 Å².